The van der Waals surface area contributed by atoms with E-state index in [1.807, 2.05) is 54.6 Å². The normalized spacial score (nSPS) is 13.5. The van der Waals surface area contributed by atoms with Crippen LogP contribution in [0.5, 0.6) is 0 Å². The number of piperazine rings is 1. The molecule has 0 aliphatic carbocycles. The number of carbonyl (C=O) groups excluding carboxylic acids is 3. The van der Waals surface area contributed by atoms with Crippen LogP contribution in [0, 0.1) is 11.6 Å². The van der Waals surface area contributed by atoms with Crippen LogP contribution >= 0.6 is 0 Å². The number of nitrogens with one attached hydrogen (secondary N) is 4. The van der Waals surface area contributed by atoms with Gasteiger partial charge in [-0.2, -0.15) is 0 Å². The molecule has 1 aliphatic rings. The molecule has 16 nitrogen and oxygen atoms in total. The summed E-state index contributed by atoms with van der Waals surface area (Å²) in [5.41, 5.74) is 7.87. The Kier molecular flexibility index (Phi) is 16.7. The smallest absolute Gasteiger partial charge is 0.410 e. The van der Waals surface area contributed by atoms with Crippen molar-refractivity contribution in [3.63, 3.8) is 0 Å². The van der Waals surface area contributed by atoms with Crippen LogP contribution < -0.4 is 37.3 Å². The van der Waals surface area contributed by atoms with E-state index in [-0.39, 0.29) is 49.2 Å². The number of hydrogen-bond donors (Lipinski definition) is 6. The lowest BCUT2D eigenvalue weighted by atomic mass is 10.0. The van der Waals surface area contributed by atoms with E-state index in [9.17, 15) is 33.5 Å². The number of pyridine rings is 1. The van der Waals surface area contributed by atoms with E-state index in [4.69, 9.17) is 15.2 Å². The maximum absolute atomic E-state index is 15.4. The molecule has 2 heterocycles. The second-order valence-corrected chi connectivity index (χ2v) is 15.7. The molecule has 4 aromatic carbocycles. The number of alkyl carbamates (subject to hydrolysis) is 1. The number of nitrogens with zero attached hydrogens (tertiary/aromatic N) is 3. The third kappa shape index (κ3) is 13.6. The maximum Gasteiger partial charge on any atom is 0.410 e. The van der Waals surface area contributed by atoms with Crippen LogP contribution in [0.3, 0.4) is 0 Å². The SMILES string of the molecule is CCn1cc(C(=O)O)c(=O)c2cc(F)c(N3CCN(C(=O)OCc4ccc(NC[C@@H](CCCNC(N)=O)NC[C@@H](Cc5cccc(F)c5)NC(=O)OCc5ccccc5)cc4)CC3)cc21. The molecule has 65 heavy (non-hydrogen) atoms. The van der Waals surface area contributed by atoms with Gasteiger partial charge in [0.15, 0.2) is 0 Å². The number of carboxylic acids is 1. The van der Waals surface area contributed by atoms with E-state index < -0.39 is 47.0 Å². The van der Waals surface area contributed by atoms with Crippen LogP contribution in [0.4, 0.5) is 34.5 Å². The molecule has 5 aromatic rings. The molecular formula is C47H54F2N8O8. The Morgan fingerprint density at radius 1 is 0.831 bits per heavy atom. The first-order chi connectivity index (χ1) is 31.4. The minimum atomic E-state index is -1.38. The van der Waals surface area contributed by atoms with Crippen molar-refractivity contribution in [2.45, 2.75) is 58.0 Å². The van der Waals surface area contributed by atoms with Crippen LogP contribution in [0.1, 0.15) is 46.8 Å². The Labute approximate surface area is 374 Å². The van der Waals surface area contributed by atoms with E-state index in [2.05, 4.69) is 21.3 Å². The third-order valence-electron chi connectivity index (χ3n) is 11.1. The number of carbonyl (C=O) groups is 4. The second kappa shape index (κ2) is 22.9. The topological polar surface area (TPSA) is 210 Å². The molecule has 0 unspecified atom stereocenters. The molecule has 6 rings (SSSR count). The summed E-state index contributed by atoms with van der Waals surface area (Å²) in [7, 11) is 0. The molecule has 344 valence electrons. The highest BCUT2D eigenvalue weighted by Gasteiger charge is 2.26. The number of halogens is 2. The summed E-state index contributed by atoms with van der Waals surface area (Å²) in [6, 6.07) is 24.3. The first-order valence-corrected chi connectivity index (χ1v) is 21.4. The lowest BCUT2D eigenvalue weighted by Crippen LogP contribution is -2.49. The number of primary amides is 1. The molecule has 0 saturated carbocycles. The summed E-state index contributed by atoms with van der Waals surface area (Å²) < 4.78 is 42.2. The van der Waals surface area contributed by atoms with E-state index in [1.165, 1.54) is 18.3 Å². The number of rotatable bonds is 20. The minimum Gasteiger partial charge on any atom is -0.477 e. The quantitative estimate of drug-likeness (QED) is 0.0514. The molecule has 2 atom stereocenters. The number of aromatic nitrogens is 1. The molecule has 0 spiro atoms. The fraction of sp³-hybridized carbons (Fsp3) is 0.340. The predicted molar refractivity (Wildman–Crippen MR) is 242 cm³/mol. The summed E-state index contributed by atoms with van der Waals surface area (Å²) in [5.74, 6) is -2.41. The van der Waals surface area contributed by atoms with Gasteiger partial charge in [0.1, 0.15) is 30.4 Å². The Morgan fingerprint density at radius 2 is 1.54 bits per heavy atom. The number of fused-ring (bicyclic) bond motifs is 1. The van der Waals surface area contributed by atoms with Gasteiger partial charge < -0.3 is 55.9 Å². The third-order valence-corrected chi connectivity index (χ3v) is 11.1. The molecule has 1 fully saturated rings. The first-order valence-electron chi connectivity index (χ1n) is 21.4. The molecule has 18 heteroatoms. The molecule has 0 radical (unpaired) electrons. The Hall–Kier alpha value is -7.21. The summed E-state index contributed by atoms with van der Waals surface area (Å²) >= 11 is 0. The number of hydrogen-bond acceptors (Lipinski definition) is 10. The van der Waals surface area contributed by atoms with Gasteiger partial charge in [0.05, 0.1) is 11.2 Å². The van der Waals surface area contributed by atoms with Crippen molar-refractivity contribution in [3.05, 3.63) is 141 Å². The van der Waals surface area contributed by atoms with Crippen LogP contribution in [0.25, 0.3) is 10.9 Å². The zero-order valence-corrected chi connectivity index (χ0v) is 36.1. The number of carboxylic acid groups (broad SMARTS) is 1. The highest BCUT2D eigenvalue weighted by atomic mass is 19.1. The second-order valence-electron chi connectivity index (χ2n) is 15.7. The van der Waals surface area contributed by atoms with Crippen LogP contribution in [-0.4, -0.2) is 96.7 Å². The largest absolute Gasteiger partial charge is 0.477 e. The van der Waals surface area contributed by atoms with Crippen molar-refractivity contribution in [2.24, 2.45) is 5.73 Å². The molecule has 1 saturated heterocycles. The van der Waals surface area contributed by atoms with Crippen LogP contribution in [-0.2, 0) is 35.7 Å². The van der Waals surface area contributed by atoms with Gasteiger partial charge in [0.25, 0.3) is 0 Å². The van der Waals surface area contributed by atoms with Crippen molar-refractivity contribution in [2.75, 3.05) is 56.0 Å². The Balaban J connectivity index is 1.00. The average Bonchev–Trinajstić information content (AvgIpc) is 3.30. The fourth-order valence-electron chi connectivity index (χ4n) is 7.58. The van der Waals surface area contributed by atoms with Gasteiger partial charge in [0.2, 0.25) is 5.43 Å². The van der Waals surface area contributed by atoms with Crippen LogP contribution in [0.2, 0.25) is 0 Å². The van der Waals surface area contributed by atoms with Crippen molar-refractivity contribution < 1.29 is 42.5 Å². The standard InChI is InChI=1S/C47H54F2N8O8/c1-2-55-28-39(44(59)60)43(58)38-24-40(49)42(25-41(38)55)56-18-20-57(21-19-56)47(63)65-30-32-13-15-35(16-14-32)52-26-36(12-7-17-51-45(50)61)53-27-37(23-33-10-6-11-34(48)22-33)54-46(62)64-29-31-8-4-3-5-9-31/h3-6,8-11,13-16,22,24-25,28,36-37,52-53H,2,7,12,17-21,23,26-27,29-30H2,1H3,(H,54,62)(H,59,60)(H3,50,51,61)/t36-,37-/m1/s1. The van der Waals surface area contributed by atoms with Gasteiger partial charge in [0, 0.05) is 81.7 Å². The van der Waals surface area contributed by atoms with Crippen molar-refractivity contribution in [3.8, 4) is 0 Å². The van der Waals surface area contributed by atoms with E-state index in [1.54, 1.807) is 39.5 Å². The lowest BCUT2D eigenvalue weighted by Gasteiger charge is -2.35. The zero-order valence-electron chi connectivity index (χ0n) is 36.1. The van der Waals surface area contributed by atoms with Crippen molar-refractivity contribution in [1.29, 1.82) is 0 Å². The Morgan fingerprint density at radius 3 is 2.23 bits per heavy atom. The molecular weight excluding hydrogens is 843 g/mol. The molecule has 4 amide bonds. The van der Waals surface area contributed by atoms with Gasteiger partial charge >= 0.3 is 24.2 Å². The van der Waals surface area contributed by atoms with Crippen molar-refractivity contribution in [1.82, 2.24) is 25.4 Å². The highest BCUT2D eigenvalue weighted by Crippen LogP contribution is 2.27. The summed E-state index contributed by atoms with van der Waals surface area (Å²) in [5, 5.41) is 21.9. The molecule has 7 N–H and O–H groups in total. The minimum absolute atomic E-state index is 0.0135. The number of anilines is 2. The number of aromatic carboxylic acids is 1. The lowest BCUT2D eigenvalue weighted by molar-refractivity contribution is 0.0694. The Bertz CT molecular complexity index is 2480. The van der Waals surface area contributed by atoms with Gasteiger partial charge in [-0.1, -0.05) is 54.6 Å². The van der Waals surface area contributed by atoms with Crippen molar-refractivity contribution >= 4 is 46.5 Å². The summed E-state index contributed by atoms with van der Waals surface area (Å²) in [6.07, 6.45) is 1.74. The van der Waals surface area contributed by atoms with Gasteiger partial charge in [-0.15, -0.1) is 0 Å². The predicted octanol–water partition coefficient (Wildman–Crippen LogP) is 5.81. The monoisotopic (exact) mass is 896 g/mol. The van der Waals surface area contributed by atoms with Gasteiger partial charge in [-0.25, -0.2) is 28.0 Å². The zero-order chi connectivity index (χ0) is 46.3. The summed E-state index contributed by atoms with van der Waals surface area (Å²) in [4.78, 5) is 65.0. The highest BCUT2D eigenvalue weighted by molar-refractivity contribution is 5.93. The van der Waals surface area contributed by atoms with E-state index >= 15 is 4.39 Å². The van der Waals surface area contributed by atoms with Gasteiger partial charge in [-0.3, -0.25) is 4.79 Å². The maximum atomic E-state index is 15.4. The number of benzene rings is 4. The van der Waals surface area contributed by atoms with Crippen LogP contribution in [0.15, 0.2) is 102 Å². The van der Waals surface area contributed by atoms with Gasteiger partial charge in [-0.05, 0) is 79.3 Å². The average molecular weight is 897 g/mol. The molecule has 1 aliphatic heterocycles. The number of aryl methyl sites for hydroxylation is 1. The number of ether oxygens (including phenoxy) is 2. The summed E-state index contributed by atoms with van der Waals surface area (Å²) in [6.45, 7) is 4.61. The number of nitrogens with two attached hydrogens (primary N) is 1. The first kappa shape index (κ1) is 47.3. The molecule has 1 aromatic heterocycles. The molecule has 0 bridgehead atoms. The number of urea groups is 1. The van der Waals surface area contributed by atoms with E-state index in [0.717, 1.165) is 22.9 Å². The van der Waals surface area contributed by atoms with E-state index in [0.29, 0.717) is 69.6 Å². The fourth-order valence-corrected chi connectivity index (χ4v) is 7.58. The number of amides is 4.